The van der Waals surface area contributed by atoms with E-state index in [1.54, 1.807) is 11.0 Å². The van der Waals surface area contributed by atoms with Crippen molar-refractivity contribution in [1.82, 2.24) is 10.2 Å². The average molecular weight is 534 g/mol. The van der Waals surface area contributed by atoms with Gasteiger partial charge in [0.25, 0.3) is 0 Å². The third-order valence-electron chi connectivity index (χ3n) is 8.67. The number of para-hydroxylation sites is 1. The van der Waals surface area contributed by atoms with E-state index in [0.29, 0.717) is 43.1 Å². The third-order valence-corrected chi connectivity index (χ3v) is 8.99. The van der Waals surface area contributed by atoms with Crippen molar-refractivity contribution in [2.24, 2.45) is 17.8 Å². The Kier molecular flexibility index (Phi) is 8.22. The summed E-state index contributed by atoms with van der Waals surface area (Å²) >= 11 is 6.42. The number of carbonyl (C=O) groups excluding carboxylic acids is 3. The average Bonchev–Trinajstić information content (AvgIpc) is 3.36. The van der Waals surface area contributed by atoms with Gasteiger partial charge in [-0.1, -0.05) is 50.4 Å². The molecule has 1 aromatic carbocycles. The van der Waals surface area contributed by atoms with E-state index < -0.39 is 29.1 Å². The molecule has 0 aliphatic carbocycles. The number of nitrogens with zero attached hydrogens (tertiary/aromatic N) is 1. The Balaban J connectivity index is 1.70. The van der Waals surface area contributed by atoms with Crippen molar-refractivity contribution in [3.8, 4) is 0 Å². The van der Waals surface area contributed by atoms with Gasteiger partial charge in [-0.3, -0.25) is 14.4 Å². The van der Waals surface area contributed by atoms with Gasteiger partial charge in [-0.25, -0.2) is 0 Å². The highest BCUT2D eigenvalue weighted by molar-refractivity contribution is 6.34. The molecule has 3 N–H and O–H groups in total. The lowest BCUT2D eigenvalue weighted by atomic mass is 9.62. The fourth-order valence-corrected chi connectivity index (χ4v) is 7.04. The monoisotopic (exact) mass is 533 g/mol. The van der Waals surface area contributed by atoms with E-state index >= 15 is 0 Å². The van der Waals surface area contributed by atoms with Crippen LogP contribution in [-0.4, -0.2) is 64.7 Å². The highest BCUT2D eigenvalue weighted by atomic mass is 35.5. The number of hydrogen-bond acceptors (Lipinski definition) is 5. The van der Waals surface area contributed by atoms with Crippen LogP contribution >= 0.6 is 11.6 Å². The van der Waals surface area contributed by atoms with E-state index in [0.717, 1.165) is 24.8 Å². The molecule has 3 heterocycles. The molecule has 1 aromatic rings. The molecule has 3 amide bonds. The number of amides is 3. The molecular formula is C28H40ClN3O5. The number of likely N-dealkylation sites (tertiary alicyclic amines) is 1. The minimum atomic E-state index is -1.08. The van der Waals surface area contributed by atoms with Gasteiger partial charge in [0.05, 0.1) is 28.1 Å². The van der Waals surface area contributed by atoms with Crippen LogP contribution in [0.25, 0.3) is 0 Å². The van der Waals surface area contributed by atoms with Crippen molar-refractivity contribution in [3.63, 3.8) is 0 Å². The first kappa shape index (κ1) is 27.9. The van der Waals surface area contributed by atoms with Crippen LogP contribution in [0, 0.1) is 24.7 Å². The number of aliphatic hydroxyl groups excluding tert-OH is 1. The number of aliphatic hydroxyl groups is 1. The lowest BCUT2D eigenvalue weighted by molar-refractivity contribution is -0.146. The quantitative estimate of drug-likeness (QED) is 0.376. The maximum absolute atomic E-state index is 14.1. The van der Waals surface area contributed by atoms with Gasteiger partial charge in [0.15, 0.2) is 0 Å². The van der Waals surface area contributed by atoms with Gasteiger partial charge in [0.1, 0.15) is 11.6 Å². The molecule has 2 bridgehead atoms. The van der Waals surface area contributed by atoms with E-state index in [1.807, 2.05) is 39.8 Å². The molecule has 4 rings (SSSR count). The zero-order chi connectivity index (χ0) is 27.0. The summed E-state index contributed by atoms with van der Waals surface area (Å²) in [6, 6.07) is 4.55. The first-order chi connectivity index (χ1) is 17.6. The van der Waals surface area contributed by atoms with Gasteiger partial charge in [0.2, 0.25) is 17.7 Å². The second-order valence-corrected chi connectivity index (χ2v) is 11.5. The van der Waals surface area contributed by atoms with Crippen molar-refractivity contribution < 1.29 is 24.2 Å². The molecule has 0 radical (unpaired) electrons. The SMILES string of the molecule is CCCNC(=O)[C@@H]1[C@H]2C(=O)N(CCCCCCO)C(C(=O)Nc3c(C)cccc3Cl)C23CC(C)[C@@]1(C)O3. The summed E-state index contributed by atoms with van der Waals surface area (Å²) in [4.78, 5) is 43.1. The maximum atomic E-state index is 14.1. The number of rotatable bonds is 11. The molecule has 6 atom stereocenters. The van der Waals surface area contributed by atoms with Crippen molar-refractivity contribution in [2.45, 2.75) is 83.5 Å². The Bertz CT molecular complexity index is 1030. The largest absolute Gasteiger partial charge is 0.396 e. The maximum Gasteiger partial charge on any atom is 0.250 e. The minimum Gasteiger partial charge on any atom is -0.396 e. The van der Waals surface area contributed by atoms with Crippen LogP contribution in [0.4, 0.5) is 5.69 Å². The smallest absolute Gasteiger partial charge is 0.250 e. The normalized spacial score (nSPS) is 32.1. The Morgan fingerprint density at radius 2 is 1.95 bits per heavy atom. The summed E-state index contributed by atoms with van der Waals surface area (Å²) in [5.41, 5.74) is -0.564. The van der Waals surface area contributed by atoms with Crippen molar-refractivity contribution in [1.29, 1.82) is 0 Å². The number of unbranched alkanes of at least 4 members (excludes halogenated alkanes) is 3. The second-order valence-electron chi connectivity index (χ2n) is 11.1. The molecular weight excluding hydrogens is 494 g/mol. The van der Waals surface area contributed by atoms with Crippen molar-refractivity contribution in [3.05, 3.63) is 28.8 Å². The fraction of sp³-hybridized carbons (Fsp3) is 0.679. The van der Waals surface area contributed by atoms with E-state index in [-0.39, 0.29) is 30.2 Å². The van der Waals surface area contributed by atoms with Crippen LogP contribution in [0.3, 0.4) is 0 Å². The molecule has 3 fully saturated rings. The van der Waals surface area contributed by atoms with Crippen molar-refractivity contribution in [2.75, 3.05) is 25.0 Å². The molecule has 1 spiro atoms. The molecule has 204 valence electrons. The Morgan fingerprint density at radius 1 is 1.22 bits per heavy atom. The predicted molar refractivity (Wildman–Crippen MR) is 142 cm³/mol. The predicted octanol–water partition coefficient (Wildman–Crippen LogP) is 3.68. The van der Waals surface area contributed by atoms with Gasteiger partial charge in [-0.05, 0) is 57.1 Å². The van der Waals surface area contributed by atoms with Crippen LogP contribution in [-0.2, 0) is 19.1 Å². The molecule has 9 heteroatoms. The van der Waals surface area contributed by atoms with Gasteiger partial charge >= 0.3 is 0 Å². The van der Waals surface area contributed by atoms with Crippen molar-refractivity contribution >= 4 is 35.0 Å². The van der Waals surface area contributed by atoms with E-state index in [1.165, 1.54) is 0 Å². The molecule has 3 aliphatic heterocycles. The fourth-order valence-electron chi connectivity index (χ4n) is 6.77. The van der Waals surface area contributed by atoms with Crippen LogP contribution < -0.4 is 10.6 Å². The second kappa shape index (κ2) is 10.9. The highest BCUT2D eigenvalue weighted by Crippen LogP contribution is 2.65. The molecule has 8 nitrogen and oxygen atoms in total. The first-order valence-electron chi connectivity index (χ1n) is 13.6. The molecule has 3 saturated heterocycles. The number of halogens is 1. The molecule has 0 aromatic heterocycles. The molecule has 3 unspecified atom stereocenters. The summed E-state index contributed by atoms with van der Waals surface area (Å²) in [6.07, 6.45) is 4.39. The van der Waals surface area contributed by atoms with Gasteiger partial charge in [-0.15, -0.1) is 0 Å². The van der Waals surface area contributed by atoms with Gasteiger partial charge in [0, 0.05) is 19.7 Å². The lowest BCUT2D eigenvalue weighted by Crippen LogP contribution is -2.54. The summed E-state index contributed by atoms with van der Waals surface area (Å²) in [5.74, 6) is -2.09. The number of aryl methyl sites for hydroxylation is 1. The number of hydrogen-bond donors (Lipinski definition) is 3. The Hall–Kier alpha value is -2.16. The van der Waals surface area contributed by atoms with Gasteiger partial charge in [-0.2, -0.15) is 0 Å². The van der Waals surface area contributed by atoms with E-state index in [9.17, 15) is 14.4 Å². The first-order valence-corrected chi connectivity index (χ1v) is 13.9. The summed E-state index contributed by atoms with van der Waals surface area (Å²) in [5, 5.41) is 15.5. The van der Waals surface area contributed by atoms with E-state index in [2.05, 4.69) is 10.6 Å². The standard InChI is InChI=1S/C28H40ClN3O5/c1-5-13-30-24(34)20-21-26(36)32(14-8-6-7-9-15-33)23(28(21)16-18(3)27(20,4)37-28)25(35)31-22-17(2)11-10-12-19(22)29/h10-12,18,20-21,23,33H,5-9,13-16H2,1-4H3,(H,30,34)(H,31,35)/t18?,20-,21-,23?,27+,28?/m0/s1. The summed E-state index contributed by atoms with van der Waals surface area (Å²) in [7, 11) is 0. The summed E-state index contributed by atoms with van der Waals surface area (Å²) < 4.78 is 6.72. The Labute approximate surface area is 224 Å². The number of fused-ring (bicyclic) bond motifs is 1. The highest BCUT2D eigenvalue weighted by Gasteiger charge is 2.79. The number of carbonyl (C=O) groups is 3. The number of benzene rings is 1. The number of anilines is 1. The van der Waals surface area contributed by atoms with Gasteiger partial charge < -0.3 is 25.4 Å². The molecule has 0 saturated carbocycles. The third kappa shape index (κ3) is 4.66. The topological polar surface area (TPSA) is 108 Å². The minimum absolute atomic E-state index is 0.00391. The van der Waals surface area contributed by atoms with Crippen LogP contribution in [0.5, 0.6) is 0 Å². The Morgan fingerprint density at radius 3 is 2.62 bits per heavy atom. The van der Waals surface area contributed by atoms with E-state index in [4.69, 9.17) is 21.4 Å². The van der Waals surface area contributed by atoms with Crippen LogP contribution in [0.2, 0.25) is 5.02 Å². The summed E-state index contributed by atoms with van der Waals surface area (Å²) in [6.45, 7) is 8.86. The number of nitrogens with one attached hydrogen (secondary N) is 2. The number of ether oxygens (including phenoxy) is 1. The molecule has 3 aliphatic rings. The van der Waals surface area contributed by atoms with Crippen LogP contribution in [0.15, 0.2) is 18.2 Å². The zero-order valence-electron chi connectivity index (χ0n) is 22.3. The molecule has 37 heavy (non-hydrogen) atoms. The lowest BCUT2D eigenvalue weighted by Gasteiger charge is -2.36. The zero-order valence-corrected chi connectivity index (χ0v) is 23.1. The van der Waals surface area contributed by atoms with Crippen LogP contribution in [0.1, 0.15) is 64.9 Å².